The van der Waals surface area contributed by atoms with Crippen molar-refractivity contribution in [3.05, 3.63) is 29.6 Å². The first kappa shape index (κ1) is 12.9. The summed E-state index contributed by atoms with van der Waals surface area (Å²) in [4.78, 5) is 24.9. The standard InChI is InChI=1S/C14H15FN2O3/c1-8-14(19)17(7-13(18)16-8)6-11-5-9-4-10(15)2-3-12(9)20-11/h2-4,8,11H,5-7H2,1H3,(H,16,18). The van der Waals surface area contributed by atoms with E-state index in [9.17, 15) is 14.0 Å². The number of nitrogens with one attached hydrogen (secondary N) is 1. The molecule has 3 rings (SSSR count). The van der Waals surface area contributed by atoms with E-state index in [-0.39, 0.29) is 30.3 Å². The summed E-state index contributed by atoms with van der Waals surface area (Å²) in [6.45, 7) is 2.05. The number of hydrogen-bond donors (Lipinski definition) is 1. The van der Waals surface area contributed by atoms with E-state index >= 15 is 0 Å². The minimum atomic E-state index is -0.502. The third-order valence-corrected chi connectivity index (χ3v) is 3.58. The third-order valence-electron chi connectivity index (χ3n) is 3.58. The summed E-state index contributed by atoms with van der Waals surface area (Å²) < 4.78 is 18.8. The van der Waals surface area contributed by atoms with Gasteiger partial charge in [0.25, 0.3) is 0 Å². The number of fused-ring (bicyclic) bond motifs is 1. The molecule has 0 saturated carbocycles. The van der Waals surface area contributed by atoms with E-state index in [0.29, 0.717) is 18.7 Å². The van der Waals surface area contributed by atoms with Crippen molar-refractivity contribution in [3.8, 4) is 5.75 Å². The van der Waals surface area contributed by atoms with Gasteiger partial charge in [0.1, 0.15) is 23.7 Å². The first-order chi connectivity index (χ1) is 9.52. The Balaban J connectivity index is 1.68. The molecule has 1 saturated heterocycles. The molecule has 1 aromatic carbocycles. The molecule has 2 unspecified atom stereocenters. The van der Waals surface area contributed by atoms with Gasteiger partial charge in [0.2, 0.25) is 11.8 Å². The molecule has 2 atom stereocenters. The van der Waals surface area contributed by atoms with Crippen molar-refractivity contribution in [1.82, 2.24) is 10.2 Å². The lowest BCUT2D eigenvalue weighted by molar-refractivity contribution is -0.144. The van der Waals surface area contributed by atoms with Crippen molar-refractivity contribution in [2.45, 2.75) is 25.5 Å². The summed E-state index contributed by atoms with van der Waals surface area (Å²) in [5.41, 5.74) is 0.803. The topological polar surface area (TPSA) is 58.6 Å². The second-order valence-electron chi connectivity index (χ2n) is 5.20. The van der Waals surface area contributed by atoms with Crippen molar-refractivity contribution in [1.29, 1.82) is 0 Å². The molecule has 106 valence electrons. The molecule has 0 bridgehead atoms. The van der Waals surface area contributed by atoms with Crippen LogP contribution in [0.5, 0.6) is 5.75 Å². The Labute approximate surface area is 115 Å². The molecule has 1 aromatic rings. The maximum absolute atomic E-state index is 13.1. The van der Waals surface area contributed by atoms with Crippen LogP contribution in [-0.2, 0) is 16.0 Å². The van der Waals surface area contributed by atoms with Crippen molar-refractivity contribution in [2.24, 2.45) is 0 Å². The highest BCUT2D eigenvalue weighted by atomic mass is 19.1. The van der Waals surface area contributed by atoms with Crippen LogP contribution in [0.25, 0.3) is 0 Å². The fourth-order valence-electron chi connectivity index (χ4n) is 2.67. The third kappa shape index (κ3) is 2.33. The van der Waals surface area contributed by atoms with E-state index in [2.05, 4.69) is 5.32 Å². The number of ether oxygens (including phenoxy) is 1. The zero-order valence-corrected chi connectivity index (χ0v) is 11.1. The van der Waals surface area contributed by atoms with Gasteiger partial charge in [-0.05, 0) is 25.1 Å². The second kappa shape index (κ2) is 4.77. The summed E-state index contributed by atoms with van der Waals surface area (Å²) in [5.74, 6) is 0.0717. The normalized spacial score (nSPS) is 25.2. The number of benzene rings is 1. The van der Waals surface area contributed by atoms with Gasteiger partial charge in [0, 0.05) is 12.0 Å². The first-order valence-corrected chi connectivity index (χ1v) is 6.56. The number of piperazine rings is 1. The van der Waals surface area contributed by atoms with E-state index in [0.717, 1.165) is 5.56 Å². The average Bonchev–Trinajstić information content (AvgIpc) is 2.76. The Morgan fingerprint density at radius 3 is 3.05 bits per heavy atom. The fourth-order valence-corrected chi connectivity index (χ4v) is 2.67. The highest BCUT2D eigenvalue weighted by Crippen LogP contribution is 2.29. The van der Waals surface area contributed by atoms with Crippen molar-refractivity contribution in [3.63, 3.8) is 0 Å². The molecule has 2 aliphatic heterocycles. The minimum absolute atomic E-state index is 0.0493. The number of halogens is 1. The molecule has 20 heavy (non-hydrogen) atoms. The van der Waals surface area contributed by atoms with Gasteiger partial charge in [0.05, 0.1) is 13.1 Å². The Kier molecular flexibility index (Phi) is 3.08. The van der Waals surface area contributed by atoms with Gasteiger partial charge in [-0.2, -0.15) is 0 Å². The van der Waals surface area contributed by atoms with Crippen molar-refractivity contribution < 1.29 is 18.7 Å². The molecule has 2 aliphatic rings. The predicted molar refractivity (Wildman–Crippen MR) is 68.7 cm³/mol. The van der Waals surface area contributed by atoms with E-state index in [1.165, 1.54) is 17.0 Å². The zero-order valence-electron chi connectivity index (χ0n) is 11.1. The highest BCUT2D eigenvalue weighted by molar-refractivity contribution is 5.94. The van der Waals surface area contributed by atoms with Crippen LogP contribution in [0, 0.1) is 5.82 Å². The van der Waals surface area contributed by atoms with Gasteiger partial charge in [0.15, 0.2) is 0 Å². The first-order valence-electron chi connectivity index (χ1n) is 6.56. The number of amides is 2. The number of nitrogens with zero attached hydrogens (tertiary/aromatic N) is 1. The highest BCUT2D eigenvalue weighted by Gasteiger charge is 2.33. The summed E-state index contributed by atoms with van der Waals surface area (Å²) in [5, 5.41) is 2.59. The maximum Gasteiger partial charge on any atom is 0.245 e. The van der Waals surface area contributed by atoms with E-state index in [1.807, 2.05) is 0 Å². The second-order valence-corrected chi connectivity index (χ2v) is 5.20. The fraction of sp³-hybridized carbons (Fsp3) is 0.429. The SMILES string of the molecule is CC1NC(=O)CN(CC2Cc3cc(F)ccc3O2)C1=O. The van der Waals surface area contributed by atoms with Crippen LogP contribution in [0.4, 0.5) is 4.39 Å². The van der Waals surface area contributed by atoms with Gasteiger partial charge >= 0.3 is 0 Å². The lowest BCUT2D eigenvalue weighted by Gasteiger charge is -2.32. The van der Waals surface area contributed by atoms with Gasteiger partial charge in [-0.15, -0.1) is 0 Å². The van der Waals surface area contributed by atoms with Crippen LogP contribution in [-0.4, -0.2) is 41.9 Å². The lowest BCUT2D eigenvalue weighted by Crippen LogP contribution is -2.58. The molecule has 5 nitrogen and oxygen atoms in total. The van der Waals surface area contributed by atoms with Gasteiger partial charge < -0.3 is 15.0 Å². The van der Waals surface area contributed by atoms with Crippen LogP contribution >= 0.6 is 0 Å². The Morgan fingerprint density at radius 2 is 2.25 bits per heavy atom. The zero-order chi connectivity index (χ0) is 14.3. The largest absolute Gasteiger partial charge is 0.488 e. The maximum atomic E-state index is 13.1. The molecular formula is C14H15FN2O3. The molecule has 2 amide bonds. The Hall–Kier alpha value is -2.11. The number of carbonyl (C=O) groups excluding carboxylic acids is 2. The summed E-state index contributed by atoms with van der Waals surface area (Å²) in [7, 11) is 0. The average molecular weight is 278 g/mol. The molecular weight excluding hydrogens is 263 g/mol. The summed E-state index contributed by atoms with van der Waals surface area (Å²) >= 11 is 0. The van der Waals surface area contributed by atoms with Gasteiger partial charge in [-0.3, -0.25) is 9.59 Å². The number of rotatable bonds is 2. The van der Waals surface area contributed by atoms with Gasteiger partial charge in [-0.1, -0.05) is 0 Å². The summed E-state index contributed by atoms with van der Waals surface area (Å²) in [6, 6.07) is 3.89. The van der Waals surface area contributed by atoms with Crippen LogP contribution < -0.4 is 10.1 Å². The van der Waals surface area contributed by atoms with Crippen molar-refractivity contribution in [2.75, 3.05) is 13.1 Å². The number of carbonyl (C=O) groups is 2. The molecule has 0 radical (unpaired) electrons. The van der Waals surface area contributed by atoms with Crippen LogP contribution in [0.2, 0.25) is 0 Å². The quantitative estimate of drug-likeness (QED) is 0.856. The van der Waals surface area contributed by atoms with E-state index in [4.69, 9.17) is 4.74 Å². The molecule has 0 aromatic heterocycles. The Morgan fingerprint density at radius 1 is 1.45 bits per heavy atom. The smallest absolute Gasteiger partial charge is 0.245 e. The molecule has 1 fully saturated rings. The summed E-state index contributed by atoms with van der Waals surface area (Å²) in [6.07, 6.45) is 0.321. The van der Waals surface area contributed by atoms with Crippen LogP contribution in [0.3, 0.4) is 0 Å². The lowest BCUT2D eigenvalue weighted by atomic mass is 10.1. The molecule has 0 aliphatic carbocycles. The van der Waals surface area contributed by atoms with Gasteiger partial charge in [-0.25, -0.2) is 4.39 Å². The van der Waals surface area contributed by atoms with Crippen molar-refractivity contribution >= 4 is 11.8 Å². The molecule has 0 spiro atoms. The molecule has 2 heterocycles. The van der Waals surface area contributed by atoms with Crippen LogP contribution in [0.15, 0.2) is 18.2 Å². The van der Waals surface area contributed by atoms with E-state index in [1.54, 1.807) is 13.0 Å². The van der Waals surface area contributed by atoms with E-state index < -0.39 is 6.04 Å². The molecule has 1 N–H and O–H groups in total. The Bertz CT molecular complexity index is 576. The minimum Gasteiger partial charge on any atom is -0.488 e. The monoisotopic (exact) mass is 278 g/mol. The molecule has 6 heteroatoms. The van der Waals surface area contributed by atoms with Crippen LogP contribution in [0.1, 0.15) is 12.5 Å². The number of hydrogen-bond acceptors (Lipinski definition) is 3. The predicted octanol–water partition coefficient (Wildman–Crippen LogP) is 0.476.